The van der Waals surface area contributed by atoms with Crippen LogP contribution in [0.25, 0.3) is 0 Å². The molecule has 1 heterocycles. The van der Waals surface area contributed by atoms with Crippen molar-refractivity contribution in [3.63, 3.8) is 0 Å². The number of hydrogen-bond donors (Lipinski definition) is 1. The number of likely N-dealkylation sites (tertiary alicyclic amines) is 1. The van der Waals surface area contributed by atoms with Crippen LogP contribution in [0.15, 0.2) is 24.3 Å². The zero-order chi connectivity index (χ0) is 14.7. The molecule has 21 heavy (non-hydrogen) atoms. The molecule has 1 aliphatic heterocycles. The molecule has 2 unspecified atom stereocenters. The third-order valence-corrected chi connectivity index (χ3v) is 5.22. The highest BCUT2D eigenvalue weighted by atomic mass is 15.2. The molecule has 2 aliphatic rings. The van der Waals surface area contributed by atoms with Crippen LogP contribution in [0.1, 0.15) is 57.1 Å². The minimum atomic E-state index is 0.551. The van der Waals surface area contributed by atoms with Crippen LogP contribution in [-0.2, 0) is 13.1 Å². The van der Waals surface area contributed by atoms with Gasteiger partial charge < -0.3 is 5.32 Å². The third-order valence-electron chi connectivity index (χ3n) is 5.22. The van der Waals surface area contributed by atoms with Crippen LogP contribution >= 0.6 is 0 Å². The zero-order valence-corrected chi connectivity index (χ0v) is 13.6. The summed E-state index contributed by atoms with van der Waals surface area (Å²) in [5, 5.41) is 3.51. The average molecular weight is 286 g/mol. The van der Waals surface area contributed by atoms with Gasteiger partial charge in [0.05, 0.1) is 0 Å². The molecule has 2 fully saturated rings. The molecule has 2 heteroatoms. The standard InChI is InChI=1S/C19H30N2/c1-15(2)20-13-16-6-5-7-17(12-16)14-21-11-10-18-8-3-4-9-19(18)21/h5-7,12,15,18-20H,3-4,8-11,13-14H2,1-2H3. The number of nitrogens with one attached hydrogen (secondary N) is 1. The quantitative estimate of drug-likeness (QED) is 0.881. The Kier molecular flexibility index (Phi) is 4.97. The lowest BCUT2D eigenvalue weighted by molar-refractivity contribution is 0.176. The lowest BCUT2D eigenvalue weighted by Crippen LogP contribution is -2.34. The molecule has 0 radical (unpaired) electrons. The number of rotatable bonds is 5. The van der Waals surface area contributed by atoms with Crippen molar-refractivity contribution in [3.8, 4) is 0 Å². The van der Waals surface area contributed by atoms with E-state index < -0.39 is 0 Å². The van der Waals surface area contributed by atoms with E-state index in [-0.39, 0.29) is 0 Å². The van der Waals surface area contributed by atoms with Crippen molar-refractivity contribution < 1.29 is 0 Å². The van der Waals surface area contributed by atoms with E-state index in [1.807, 2.05) is 0 Å². The third kappa shape index (κ3) is 3.87. The first-order chi connectivity index (χ1) is 10.2. The molecule has 2 atom stereocenters. The highest BCUT2D eigenvalue weighted by Crippen LogP contribution is 2.36. The Morgan fingerprint density at radius 3 is 2.81 bits per heavy atom. The minimum absolute atomic E-state index is 0.551. The molecule has 0 aromatic heterocycles. The minimum Gasteiger partial charge on any atom is -0.310 e. The van der Waals surface area contributed by atoms with Crippen LogP contribution in [0, 0.1) is 5.92 Å². The molecule has 3 rings (SSSR count). The van der Waals surface area contributed by atoms with E-state index in [0.717, 1.165) is 25.0 Å². The van der Waals surface area contributed by atoms with Gasteiger partial charge in [0.2, 0.25) is 0 Å². The van der Waals surface area contributed by atoms with Crippen LogP contribution < -0.4 is 5.32 Å². The van der Waals surface area contributed by atoms with Gasteiger partial charge in [-0.05, 0) is 42.9 Å². The largest absolute Gasteiger partial charge is 0.310 e. The molecule has 0 spiro atoms. The van der Waals surface area contributed by atoms with Crippen molar-refractivity contribution in [3.05, 3.63) is 35.4 Å². The molecule has 0 amide bonds. The summed E-state index contributed by atoms with van der Waals surface area (Å²) in [5.41, 5.74) is 2.91. The molecule has 1 saturated carbocycles. The molecule has 1 N–H and O–H groups in total. The monoisotopic (exact) mass is 286 g/mol. The summed E-state index contributed by atoms with van der Waals surface area (Å²) >= 11 is 0. The Labute approximate surface area is 129 Å². The molecule has 2 nitrogen and oxygen atoms in total. The van der Waals surface area contributed by atoms with Crippen molar-refractivity contribution in [2.75, 3.05) is 6.54 Å². The number of nitrogens with zero attached hydrogens (tertiary/aromatic N) is 1. The lowest BCUT2D eigenvalue weighted by Gasteiger charge is -2.31. The molecule has 1 aliphatic carbocycles. The molecule has 1 saturated heterocycles. The van der Waals surface area contributed by atoms with Gasteiger partial charge in [0, 0.05) is 25.2 Å². The second-order valence-corrected chi connectivity index (χ2v) is 7.23. The molecular weight excluding hydrogens is 256 g/mol. The van der Waals surface area contributed by atoms with E-state index >= 15 is 0 Å². The van der Waals surface area contributed by atoms with E-state index in [1.165, 1.54) is 49.8 Å². The number of fused-ring (bicyclic) bond motifs is 1. The topological polar surface area (TPSA) is 15.3 Å². The first-order valence-corrected chi connectivity index (χ1v) is 8.77. The number of benzene rings is 1. The van der Waals surface area contributed by atoms with Crippen molar-refractivity contribution in [1.82, 2.24) is 10.2 Å². The normalized spacial score (nSPS) is 26.2. The summed E-state index contributed by atoms with van der Waals surface area (Å²) in [6.45, 7) is 7.85. The second-order valence-electron chi connectivity index (χ2n) is 7.23. The van der Waals surface area contributed by atoms with Gasteiger partial charge in [0.1, 0.15) is 0 Å². The maximum absolute atomic E-state index is 3.51. The van der Waals surface area contributed by atoms with Gasteiger partial charge in [-0.1, -0.05) is 51.0 Å². The van der Waals surface area contributed by atoms with E-state index in [0.29, 0.717) is 6.04 Å². The lowest BCUT2D eigenvalue weighted by atomic mass is 9.85. The first kappa shape index (κ1) is 15.1. The number of hydrogen-bond acceptors (Lipinski definition) is 2. The van der Waals surface area contributed by atoms with Gasteiger partial charge in [-0.3, -0.25) is 4.90 Å². The molecule has 1 aromatic rings. The molecule has 1 aromatic carbocycles. The Morgan fingerprint density at radius 1 is 1.14 bits per heavy atom. The van der Waals surface area contributed by atoms with E-state index in [2.05, 4.69) is 48.3 Å². The summed E-state index contributed by atoms with van der Waals surface area (Å²) in [6, 6.07) is 10.6. The van der Waals surface area contributed by atoms with Crippen LogP contribution in [0.5, 0.6) is 0 Å². The first-order valence-electron chi connectivity index (χ1n) is 8.77. The summed E-state index contributed by atoms with van der Waals surface area (Å²) in [4.78, 5) is 2.75. The molecule has 116 valence electrons. The molecule has 0 bridgehead atoms. The highest BCUT2D eigenvalue weighted by molar-refractivity contribution is 5.23. The van der Waals surface area contributed by atoms with Gasteiger partial charge >= 0.3 is 0 Å². The maximum Gasteiger partial charge on any atom is 0.0236 e. The van der Waals surface area contributed by atoms with Crippen molar-refractivity contribution in [2.24, 2.45) is 5.92 Å². The van der Waals surface area contributed by atoms with Crippen LogP contribution in [0.4, 0.5) is 0 Å². The summed E-state index contributed by atoms with van der Waals surface area (Å²) in [5.74, 6) is 0.990. The van der Waals surface area contributed by atoms with Gasteiger partial charge in [0.15, 0.2) is 0 Å². The van der Waals surface area contributed by atoms with E-state index in [9.17, 15) is 0 Å². The fourth-order valence-corrected chi connectivity index (χ4v) is 4.09. The summed E-state index contributed by atoms with van der Waals surface area (Å²) in [7, 11) is 0. The highest BCUT2D eigenvalue weighted by Gasteiger charge is 2.35. The summed E-state index contributed by atoms with van der Waals surface area (Å²) in [6.07, 6.45) is 7.24. The zero-order valence-electron chi connectivity index (χ0n) is 13.6. The van der Waals surface area contributed by atoms with Crippen molar-refractivity contribution in [2.45, 2.75) is 71.1 Å². The van der Waals surface area contributed by atoms with Gasteiger partial charge in [-0.15, -0.1) is 0 Å². The van der Waals surface area contributed by atoms with Crippen LogP contribution in [0.2, 0.25) is 0 Å². The fraction of sp³-hybridized carbons (Fsp3) is 0.684. The second kappa shape index (κ2) is 6.93. The smallest absolute Gasteiger partial charge is 0.0236 e. The van der Waals surface area contributed by atoms with Crippen molar-refractivity contribution >= 4 is 0 Å². The van der Waals surface area contributed by atoms with Gasteiger partial charge in [0.25, 0.3) is 0 Å². The molecular formula is C19H30N2. The fourth-order valence-electron chi connectivity index (χ4n) is 4.09. The van der Waals surface area contributed by atoms with Crippen LogP contribution in [-0.4, -0.2) is 23.5 Å². The average Bonchev–Trinajstić information content (AvgIpc) is 2.89. The van der Waals surface area contributed by atoms with Crippen molar-refractivity contribution in [1.29, 1.82) is 0 Å². The van der Waals surface area contributed by atoms with Crippen LogP contribution in [0.3, 0.4) is 0 Å². The Bertz CT molecular complexity index is 455. The Hall–Kier alpha value is -0.860. The van der Waals surface area contributed by atoms with E-state index in [4.69, 9.17) is 0 Å². The van der Waals surface area contributed by atoms with Gasteiger partial charge in [-0.2, -0.15) is 0 Å². The maximum atomic E-state index is 3.51. The van der Waals surface area contributed by atoms with Gasteiger partial charge in [-0.25, -0.2) is 0 Å². The Morgan fingerprint density at radius 2 is 1.95 bits per heavy atom. The predicted octanol–water partition coefficient (Wildman–Crippen LogP) is 3.95. The predicted molar refractivity (Wildman–Crippen MR) is 89.2 cm³/mol. The Balaban J connectivity index is 1.61. The van der Waals surface area contributed by atoms with E-state index in [1.54, 1.807) is 0 Å². The SMILES string of the molecule is CC(C)NCc1cccc(CN2CCC3CCCCC32)c1. The summed E-state index contributed by atoms with van der Waals surface area (Å²) < 4.78 is 0.